The number of imidazole rings is 1. The van der Waals surface area contributed by atoms with Crippen LogP contribution in [0.2, 0.25) is 0 Å². The van der Waals surface area contributed by atoms with Crippen LogP contribution < -0.4 is 4.74 Å². The van der Waals surface area contributed by atoms with Crippen LogP contribution in [0.3, 0.4) is 0 Å². The molecule has 1 heterocycles. The van der Waals surface area contributed by atoms with Gasteiger partial charge in [-0.3, -0.25) is 0 Å². The predicted molar refractivity (Wildman–Crippen MR) is 126 cm³/mol. The summed E-state index contributed by atoms with van der Waals surface area (Å²) >= 11 is 0. The lowest BCUT2D eigenvalue weighted by atomic mass is 10.0. The van der Waals surface area contributed by atoms with E-state index in [9.17, 15) is 5.11 Å². The Hall–Kier alpha value is -3.11. The maximum Gasteiger partial charge on any atom is 0.143 e. The minimum absolute atomic E-state index is 0.395. The van der Waals surface area contributed by atoms with Crippen molar-refractivity contribution in [2.24, 2.45) is 0 Å². The lowest BCUT2D eigenvalue weighted by Gasteiger charge is -2.17. The number of aliphatic hydroxyl groups is 1. The average molecular weight is 415 g/mol. The molecule has 4 nitrogen and oxygen atoms in total. The Kier molecular flexibility index (Phi) is 6.10. The number of para-hydroxylation sites is 1. The molecule has 1 unspecified atom stereocenters. The smallest absolute Gasteiger partial charge is 0.143 e. The van der Waals surface area contributed by atoms with E-state index in [2.05, 4.69) is 50.5 Å². The first kappa shape index (κ1) is 21.1. The molecule has 3 aromatic carbocycles. The van der Waals surface area contributed by atoms with Crippen LogP contribution in [0.15, 0.2) is 66.7 Å². The summed E-state index contributed by atoms with van der Waals surface area (Å²) in [7, 11) is 0. The number of fused-ring (bicyclic) bond motifs is 1. The van der Waals surface area contributed by atoms with Crippen LogP contribution in [0.25, 0.3) is 11.0 Å². The van der Waals surface area contributed by atoms with Gasteiger partial charge in [-0.15, -0.1) is 0 Å². The molecule has 0 radical (unpaired) electrons. The third-order valence-electron chi connectivity index (χ3n) is 5.87. The molecule has 4 heteroatoms. The van der Waals surface area contributed by atoms with Crippen molar-refractivity contribution in [1.29, 1.82) is 0 Å². The lowest BCUT2D eigenvalue weighted by molar-refractivity contribution is 0.201. The van der Waals surface area contributed by atoms with Crippen LogP contribution in [-0.2, 0) is 6.54 Å². The molecular weight excluding hydrogens is 384 g/mol. The van der Waals surface area contributed by atoms with Crippen molar-refractivity contribution < 1.29 is 9.84 Å². The molecule has 0 aliphatic carbocycles. The fourth-order valence-corrected chi connectivity index (χ4v) is 3.96. The number of ether oxygens (including phenoxy) is 1. The molecule has 1 atom stereocenters. The zero-order valence-corrected chi connectivity index (χ0v) is 18.7. The summed E-state index contributed by atoms with van der Waals surface area (Å²) < 4.78 is 8.28. The van der Waals surface area contributed by atoms with Crippen LogP contribution in [-0.4, -0.2) is 21.3 Å². The van der Waals surface area contributed by atoms with E-state index in [0.717, 1.165) is 22.3 Å². The van der Waals surface area contributed by atoms with Gasteiger partial charge in [-0.1, -0.05) is 62.4 Å². The number of nitrogens with zero attached hydrogens (tertiary/aromatic N) is 2. The first-order chi connectivity index (χ1) is 15.0. The molecule has 0 bridgehead atoms. The molecule has 0 amide bonds. The van der Waals surface area contributed by atoms with Gasteiger partial charge in [0.15, 0.2) is 0 Å². The van der Waals surface area contributed by atoms with E-state index in [4.69, 9.17) is 9.72 Å². The van der Waals surface area contributed by atoms with Gasteiger partial charge in [0.2, 0.25) is 0 Å². The largest absolute Gasteiger partial charge is 0.491 e. The quantitative estimate of drug-likeness (QED) is 0.407. The fraction of sp³-hybridized carbons (Fsp3) is 0.296. The number of aryl methyl sites for hydroxylation is 2. The van der Waals surface area contributed by atoms with E-state index >= 15 is 0 Å². The minimum atomic E-state index is -0.794. The highest BCUT2D eigenvalue weighted by Crippen LogP contribution is 2.29. The summed E-state index contributed by atoms with van der Waals surface area (Å²) in [5, 5.41) is 11.1. The van der Waals surface area contributed by atoms with Crippen molar-refractivity contribution in [2.75, 3.05) is 6.61 Å². The number of aromatic nitrogens is 2. The van der Waals surface area contributed by atoms with Crippen molar-refractivity contribution in [1.82, 2.24) is 9.55 Å². The second-order valence-corrected chi connectivity index (χ2v) is 8.40. The average Bonchev–Trinajstić information content (AvgIpc) is 3.11. The highest BCUT2D eigenvalue weighted by molar-refractivity contribution is 5.78. The topological polar surface area (TPSA) is 47.3 Å². The Labute approximate surface area is 184 Å². The molecule has 1 aromatic heterocycles. The Bertz CT molecular complexity index is 1180. The maximum absolute atomic E-state index is 11.1. The van der Waals surface area contributed by atoms with Gasteiger partial charge in [0.05, 0.1) is 17.6 Å². The molecule has 0 fully saturated rings. The minimum Gasteiger partial charge on any atom is -0.491 e. The van der Waals surface area contributed by atoms with E-state index in [0.29, 0.717) is 24.9 Å². The van der Waals surface area contributed by atoms with Crippen molar-refractivity contribution in [3.8, 4) is 5.75 Å². The van der Waals surface area contributed by atoms with E-state index in [1.165, 1.54) is 16.7 Å². The Balaban J connectivity index is 1.68. The summed E-state index contributed by atoms with van der Waals surface area (Å²) in [6.07, 6.45) is -0.794. The van der Waals surface area contributed by atoms with Crippen LogP contribution >= 0.6 is 0 Å². The molecule has 160 valence electrons. The normalized spacial score (nSPS) is 12.5. The standard InChI is InChI=1S/C27H30N2O2/c1-18(2)22-12-8-9-13-25(22)31-15-14-29-24-17-20(4)19(3)16-23(24)28-27(29)26(30)21-10-6-5-7-11-21/h5-13,16-18,26,30H,14-15H2,1-4H3. The van der Waals surface area contributed by atoms with Crippen molar-refractivity contribution in [3.63, 3.8) is 0 Å². The van der Waals surface area contributed by atoms with Gasteiger partial charge >= 0.3 is 0 Å². The Morgan fingerprint density at radius 2 is 1.61 bits per heavy atom. The van der Waals surface area contributed by atoms with E-state index in [-0.39, 0.29) is 0 Å². The van der Waals surface area contributed by atoms with Gasteiger partial charge in [-0.05, 0) is 60.2 Å². The van der Waals surface area contributed by atoms with Gasteiger partial charge in [0.1, 0.15) is 24.3 Å². The zero-order valence-electron chi connectivity index (χ0n) is 18.7. The van der Waals surface area contributed by atoms with Gasteiger partial charge in [0.25, 0.3) is 0 Å². The third kappa shape index (κ3) is 4.35. The van der Waals surface area contributed by atoms with Crippen LogP contribution in [0.4, 0.5) is 0 Å². The van der Waals surface area contributed by atoms with Gasteiger partial charge in [-0.2, -0.15) is 0 Å². The highest BCUT2D eigenvalue weighted by atomic mass is 16.5. The predicted octanol–water partition coefficient (Wildman–Crippen LogP) is 5.94. The van der Waals surface area contributed by atoms with Crippen LogP contribution in [0, 0.1) is 13.8 Å². The summed E-state index contributed by atoms with van der Waals surface area (Å²) in [4.78, 5) is 4.82. The second-order valence-electron chi connectivity index (χ2n) is 8.40. The molecule has 0 saturated heterocycles. The summed E-state index contributed by atoms with van der Waals surface area (Å²) in [5.74, 6) is 1.96. The Morgan fingerprint density at radius 3 is 2.35 bits per heavy atom. The maximum atomic E-state index is 11.1. The second kappa shape index (κ2) is 8.94. The first-order valence-electron chi connectivity index (χ1n) is 10.9. The van der Waals surface area contributed by atoms with Gasteiger partial charge in [0, 0.05) is 0 Å². The van der Waals surface area contributed by atoms with Crippen LogP contribution in [0.5, 0.6) is 5.75 Å². The summed E-state index contributed by atoms with van der Waals surface area (Å²) in [5.41, 5.74) is 6.36. The Morgan fingerprint density at radius 1 is 0.935 bits per heavy atom. The molecule has 4 aromatic rings. The number of aliphatic hydroxyl groups excluding tert-OH is 1. The number of hydrogen-bond donors (Lipinski definition) is 1. The SMILES string of the molecule is Cc1cc2nc(C(O)c3ccccc3)n(CCOc3ccccc3C(C)C)c2cc1C. The third-order valence-corrected chi connectivity index (χ3v) is 5.87. The summed E-state index contributed by atoms with van der Waals surface area (Å²) in [6, 6.07) is 22.1. The molecule has 0 aliphatic heterocycles. The fourth-order valence-electron chi connectivity index (χ4n) is 3.96. The number of rotatable bonds is 7. The van der Waals surface area contributed by atoms with Crippen molar-refractivity contribution in [3.05, 3.63) is 94.8 Å². The molecule has 0 aliphatic rings. The van der Waals surface area contributed by atoms with Crippen LogP contribution in [0.1, 0.15) is 53.9 Å². The van der Waals surface area contributed by atoms with E-state index in [1.54, 1.807) is 0 Å². The molecular formula is C27H30N2O2. The number of hydrogen-bond acceptors (Lipinski definition) is 3. The molecule has 1 N–H and O–H groups in total. The molecule has 0 spiro atoms. The van der Waals surface area contributed by atoms with Gasteiger partial charge < -0.3 is 14.4 Å². The highest BCUT2D eigenvalue weighted by Gasteiger charge is 2.20. The lowest BCUT2D eigenvalue weighted by Crippen LogP contribution is -2.15. The monoisotopic (exact) mass is 414 g/mol. The molecule has 0 saturated carbocycles. The van der Waals surface area contributed by atoms with Crippen molar-refractivity contribution >= 4 is 11.0 Å². The summed E-state index contributed by atoms with van der Waals surface area (Å²) in [6.45, 7) is 9.64. The molecule has 31 heavy (non-hydrogen) atoms. The van der Waals surface area contributed by atoms with Gasteiger partial charge in [-0.25, -0.2) is 4.98 Å². The zero-order chi connectivity index (χ0) is 22.0. The first-order valence-corrected chi connectivity index (χ1v) is 10.9. The van der Waals surface area contributed by atoms with Crippen molar-refractivity contribution in [2.45, 2.75) is 46.3 Å². The van der Waals surface area contributed by atoms with E-state index < -0.39 is 6.10 Å². The molecule has 4 rings (SSSR count). The number of benzene rings is 3. The van der Waals surface area contributed by atoms with E-state index in [1.807, 2.05) is 48.5 Å².